The van der Waals surface area contributed by atoms with Crippen LogP contribution in [0.15, 0.2) is 24.4 Å². The predicted octanol–water partition coefficient (Wildman–Crippen LogP) is 1.51. The Morgan fingerprint density at radius 3 is 3.06 bits per heavy atom. The van der Waals surface area contributed by atoms with Crippen LogP contribution in [-0.2, 0) is 6.54 Å². The summed E-state index contributed by atoms with van der Waals surface area (Å²) in [6.07, 6.45) is 1.87. The maximum absolute atomic E-state index is 4.38. The van der Waals surface area contributed by atoms with E-state index in [1.807, 2.05) is 12.3 Å². The van der Waals surface area contributed by atoms with E-state index in [2.05, 4.69) is 41.2 Å². The summed E-state index contributed by atoms with van der Waals surface area (Å²) in [4.78, 5) is 6.87. The lowest BCUT2D eigenvalue weighted by atomic mass is 10.0. The van der Waals surface area contributed by atoms with Crippen LogP contribution in [0.25, 0.3) is 0 Å². The number of piperazine rings is 1. The van der Waals surface area contributed by atoms with E-state index in [-0.39, 0.29) is 0 Å². The zero-order chi connectivity index (χ0) is 11.4. The molecule has 1 aromatic heterocycles. The second-order valence-corrected chi connectivity index (χ2v) is 4.86. The van der Waals surface area contributed by atoms with Gasteiger partial charge in [-0.1, -0.05) is 19.9 Å². The molecule has 2 rings (SSSR count). The first-order valence-corrected chi connectivity index (χ1v) is 6.11. The Bertz CT molecular complexity index is 310. The van der Waals surface area contributed by atoms with Crippen molar-refractivity contribution in [2.45, 2.75) is 26.4 Å². The smallest absolute Gasteiger partial charge is 0.0543 e. The molecule has 0 aliphatic carbocycles. The number of pyridine rings is 1. The van der Waals surface area contributed by atoms with Gasteiger partial charge in [0.2, 0.25) is 0 Å². The second-order valence-electron chi connectivity index (χ2n) is 4.86. The first kappa shape index (κ1) is 11.6. The summed E-state index contributed by atoms with van der Waals surface area (Å²) in [5.41, 5.74) is 1.17. The standard InChI is InChI=1S/C13H21N3/c1-11(2)13-10-16(8-7-15-13)9-12-5-3-4-6-14-12/h3-6,11,13,15H,7-10H2,1-2H3. The molecule has 1 atom stereocenters. The van der Waals surface area contributed by atoms with E-state index in [0.717, 1.165) is 26.2 Å². The topological polar surface area (TPSA) is 28.2 Å². The summed E-state index contributed by atoms with van der Waals surface area (Å²) < 4.78 is 0. The van der Waals surface area contributed by atoms with Gasteiger partial charge in [-0.2, -0.15) is 0 Å². The molecule has 1 fully saturated rings. The molecule has 2 heterocycles. The van der Waals surface area contributed by atoms with Crippen LogP contribution in [0.4, 0.5) is 0 Å². The molecule has 0 radical (unpaired) electrons. The van der Waals surface area contributed by atoms with Gasteiger partial charge in [-0.05, 0) is 18.1 Å². The Labute approximate surface area is 97.9 Å². The number of nitrogens with zero attached hydrogens (tertiary/aromatic N) is 2. The normalized spacial score (nSPS) is 22.6. The summed E-state index contributed by atoms with van der Waals surface area (Å²) >= 11 is 0. The van der Waals surface area contributed by atoms with Crippen LogP contribution in [0.3, 0.4) is 0 Å². The minimum atomic E-state index is 0.623. The van der Waals surface area contributed by atoms with Gasteiger partial charge in [0, 0.05) is 38.4 Å². The Hall–Kier alpha value is -0.930. The summed E-state index contributed by atoms with van der Waals surface area (Å²) in [5, 5.41) is 3.57. The van der Waals surface area contributed by atoms with Gasteiger partial charge in [-0.25, -0.2) is 0 Å². The third-order valence-electron chi connectivity index (χ3n) is 3.21. The van der Waals surface area contributed by atoms with E-state index >= 15 is 0 Å². The van der Waals surface area contributed by atoms with Crippen molar-refractivity contribution in [1.82, 2.24) is 15.2 Å². The summed E-state index contributed by atoms with van der Waals surface area (Å²) in [5.74, 6) is 0.700. The average Bonchev–Trinajstić information content (AvgIpc) is 2.30. The van der Waals surface area contributed by atoms with Gasteiger partial charge in [-0.15, -0.1) is 0 Å². The highest BCUT2D eigenvalue weighted by Crippen LogP contribution is 2.10. The van der Waals surface area contributed by atoms with Crippen LogP contribution in [0.1, 0.15) is 19.5 Å². The van der Waals surface area contributed by atoms with Crippen molar-refractivity contribution in [3.8, 4) is 0 Å². The molecule has 1 saturated heterocycles. The van der Waals surface area contributed by atoms with Crippen LogP contribution in [0, 0.1) is 5.92 Å². The van der Waals surface area contributed by atoms with Crippen molar-refractivity contribution in [2.24, 2.45) is 5.92 Å². The van der Waals surface area contributed by atoms with Crippen LogP contribution >= 0.6 is 0 Å². The van der Waals surface area contributed by atoms with Crippen LogP contribution in [0.2, 0.25) is 0 Å². The Morgan fingerprint density at radius 1 is 1.50 bits per heavy atom. The third kappa shape index (κ3) is 3.03. The van der Waals surface area contributed by atoms with Crippen molar-refractivity contribution in [2.75, 3.05) is 19.6 Å². The zero-order valence-electron chi connectivity index (χ0n) is 10.2. The lowest BCUT2D eigenvalue weighted by Crippen LogP contribution is -2.52. The molecule has 1 aromatic rings. The van der Waals surface area contributed by atoms with Crippen molar-refractivity contribution in [3.63, 3.8) is 0 Å². The summed E-state index contributed by atoms with van der Waals surface area (Å²) in [6.45, 7) is 8.89. The molecule has 88 valence electrons. The number of aromatic nitrogens is 1. The molecule has 0 aromatic carbocycles. The van der Waals surface area contributed by atoms with E-state index in [1.54, 1.807) is 0 Å². The first-order valence-electron chi connectivity index (χ1n) is 6.11. The van der Waals surface area contributed by atoms with Gasteiger partial charge in [0.05, 0.1) is 5.69 Å². The van der Waals surface area contributed by atoms with Crippen LogP contribution < -0.4 is 5.32 Å². The number of rotatable bonds is 3. The molecule has 0 saturated carbocycles. The van der Waals surface area contributed by atoms with Gasteiger partial charge in [0.15, 0.2) is 0 Å². The third-order valence-corrected chi connectivity index (χ3v) is 3.21. The van der Waals surface area contributed by atoms with Gasteiger partial charge < -0.3 is 5.32 Å². The molecule has 3 nitrogen and oxygen atoms in total. The van der Waals surface area contributed by atoms with E-state index in [9.17, 15) is 0 Å². The maximum Gasteiger partial charge on any atom is 0.0543 e. The van der Waals surface area contributed by atoms with Gasteiger partial charge in [0.1, 0.15) is 0 Å². The van der Waals surface area contributed by atoms with E-state index in [4.69, 9.17) is 0 Å². The largest absolute Gasteiger partial charge is 0.311 e. The summed E-state index contributed by atoms with van der Waals surface area (Å²) in [7, 11) is 0. The van der Waals surface area contributed by atoms with Crippen molar-refractivity contribution in [1.29, 1.82) is 0 Å². The molecule has 0 spiro atoms. The van der Waals surface area contributed by atoms with Gasteiger partial charge in [0.25, 0.3) is 0 Å². The maximum atomic E-state index is 4.38. The fourth-order valence-electron chi connectivity index (χ4n) is 2.15. The highest BCUT2D eigenvalue weighted by atomic mass is 15.2. The average molecular weight is 219 g/mol. The van der Waals surface area contributed by atoms with E-state index < -0.39 is 0 Å². The van der Waals surface area contributed by atoms with Crippen molar-refractivity contribution >= 4 is 0 Å². The second kappa shape index (κ2) is 5.41. The molecule has 0 amide bonds. The highest BCUT2D eigenvalue weighted by molar-refractivity contribution is 5.03. The lowest BCUT2D eigenvalue weighted by molar-refractivity contribution is 0.167. The molecule has 3 heteroatoms. The Morgan fingerprint density at radius 2 is 2.38 bits per heavy atom. The highest BCUT2D eigenvalue weighted by Gasteiger charge is 2.21. The molecule has 1 aliphatic rings. The fraction of sp³-hybridized carbons (Fsp3) is 0.615. The van der Waals surface area contributed by atoms with Crippen molar-refractivity contribution in [3.05, 3.63) is 30.1 Å². The van der Waals surface area contributed by atoms with Crippen LogP contribution in [0.5, 0.6) is 0 Å². The van der Waals surface area contributed by atoms with E-state index in [1.165, 1.54) is 5.69 Å². The molecular weight excluding hydrogens is 198 g/mol. The van der Waals surface area contributed by atoms with Gasteiger partial charge in [-0.3, -0.25) is 9.88 Å². The molecule has 16 heavy (non-hydrogen) atoms. The molecule has 1 N–H and O–H groups in total. The molecule has 1 unspecified atom stereocenters. The molecular formula is C13H21N3. The number of hydrogen-bond donors (Lipinski definition) is 1. The summed E-state index contributed by atoms with van der Waals surface area (Å²) in [6, 6.07) is 6.76. The lowest BCUT2D eigenvalue weighted by Gasteiger charge is -2.35. The number of hydrogen-bond acceptors (Lipinski definition) is 3. The Kier molecular flexibility index (Phi) is 3.91. The minimum absolute atomic E-state index is 0.623. The van der Waals surface area contributed by atoms with Gasteiger partial charge >= 0.3 is 0 Å². The Balaban J connectivity index is 1.90. The predicted molar refractivity (Wildman–Crippen MR) is 66.1 cm³/mol. The fourth-order valence-corrected chi connectivity index (χ4v) is 2.15. The minimum Gasteiger partial charge on any atom is -0.311 e. The number of nitrogens with one attached hydrogen (secondary N) is 1. The van der Waals surface area contributed by atoms with Crippen LogP contribution in [-0.4, -0.2) is 35.6 Å². The van der Waals surface area contributed by atoms with Crippen molar-refractivity contribution < 1.29 is 0 Å². The molecule has 1 aliphatic heterocycles. The zero-order valence-corrected chi connectivity index (χ0v) is 10.2. The quantitative estimate of drug-likeness (QED) is 0.835. The first-order chi connectivity index (χ1) is 7.75. The monoisotopic (exact) mass is 219 g/mol. The van der Waals surface area contributed by atoms with E-state index in [0.29, 0.717) is 12.0 Å². The molecule has 0 bridgehead atoms. The SMILES string of the molecule is CC(C)C1CN(Cc2ccccn2)CCN1.